The van der Waals surface area contributed by atoms with E-state index in [1.165, 1.54) is 0 Å². The predicted octanol–water partition coefficient (Wildman–Crippen LogP) is 6.19. The van der Waals surface area contributed by atoms with Crippen molar-refractivity contribution in [3.8, 4) is 5.75 Å². The van der Waals surface area contributed by atoms with Gasteiger partial charge in [0.25, 0.3) is 5.91 Å². The molecule has 0 aliphatic heterocycles. The Balaban J connectivity index is 1.37. The number of fused-ring (bicyclic) bond motifs is 2. The number of aryl methyl sites for hydroxylation is 1. The number of hydrogen-bond acceptors (Lipinski definition) is 5. The number of amides is 1. The zero-order valence-corrected chi connectivity index (χ0v) is 20.0. The minimum Gasteiger partial charge on any atom is -0.453 e. The fraction of sp³-hybridized carbons (Fsp3) is 0.148. The highest BCUT2D eigenvalue weighted by Gasteiger charge is 2.29. The molecule has 1 amide bonds. The highest BCUT2D eigenvalue weighted by Crippen LogP contribution is 2.31. The fourth-order valence-corrected chi connectivity index (χ4v) is 4.41. The van der Waals surface area contributed by atoms with Gasteiger partial charge in [0.2, 0.25) is 5.76 Å². The zero-order valence-electron chi connectivity index (χ0n) is 18.4. The van der Waals surface area contributed by atoms with Gasteiger partial charge in [-0.3, -0.25) is 4.79 Å². The van der Waals surface area contributed by atoms with Gasteiger partial charge in [0.05, 0.1) is 5.71 Å². The first kappa shape index (κ1) is 22.1. The minimum atomic E-state index is -0.555. The van der Waals surface area contributed by atoms with Gasteiger partial charge in [0, 0.05) is 27.6 Å². The van der Waals surface area contributed by atoms with E-state index in [1.807, 2.05) is 43.3 Å². The van der Waals surface area contributed by atoms with Crippen LogP contribution in [0.1, 0.15) is 50.6 Å². The summed E-state index contributed by atoms with van der Waals surface area (Å²) in [5.74, 6) is 0.440. The van der Waals surface area contributed by atoms with Gasteiger partial charge in [-0.1, -0.05) is 46.3 Å². The summed E-state index contributed by atoms with van der Waals surface area (Å²) in [4.78, 5) is 25.4. The van der Waals surface area contributed by atoms with E-state index < -0.39 is 5.97 Å². The van der Waals surface area contributed by atoms with Crippen molar-refractivity contribution in [2.75, 3.05) is 0 Å². The lowest BCUT2D eigenvalue weighted by Crippen LogP contribution is -2.22. The first-order chi connectivity index (χ1) is 16.5. The summed E-state index contributed by atoms with van der Waals surface area (Å²) in [7, 11) is 0. The molecule has 34 heavy (non-hydrogen) atoms. The Hall–Kier alpha value is -3.71. The monoisotopic (exact) mass is 516 g/mol. The van der Waals surface area contributed by atoms with Crippen LogP contribution in [0.5, 0.6) is 5.75 Å². The number of furan rings is 1. The van der Waals surface area contributed by atoms with Crippen LogP contribution < -0.4 is 10.2 Å². The smallest absolute Gasteiger partial charge is 0.379 e. The molecule has 1 N–H and O–H groups in total. The van der Waals surface area contributed by atoms with E-state index in [0.717, 1.165) is 27.2 Å². The Bertz CT molecular complexity index is 1440. The number of hydrazone groups is 1. The molecule has 170 valence electrons. The van der Waals surface area contributed by atoms with Crippen molar-refractivity contribution in [2.24, 2.45) is 5.10 Å². The molecule has 0 saturated carbocycles. The average Bonchev–Trinajstić information content (AvgIpc) is 3.20. The van der Waals surface area contributed by atoms with E-state index in [1.54, 1.807) is 30.3 Å². The molecule has 0 radical (unpaired) electrons. The largest absolute Gasteiger partial charge is 0.453 e. The van der Waals surface area contributed by atoms with Gasteiger partial charge in [-0.25, -0.2) is 10.2 Å². The minimum absolute atomic E-state index is 0.159. The number of halogens is 1. The van der Waals surface area contributed by atoms with Gasteiger partial charge in [-0.15, -0.1) is 0 Å². The molecule has 0 saturated heterocycles. The predicted molar refractivity (Wildman–Crippen MR) is 133 cm³/mol. The van der Waals surface area contributed by atoms with Crippen molar-refractivity contribution in [2.45, 2.75) is 26.2 Å². The Labute approximate surface area is 204 Å². The summed E-state index contributed by atoms with van der Waals surface area (Å²) in [5, 5.41) is 6.42. The number of nitrogens with one attached hydrogen (secondary N) is 1. The molecule has 1 aromatic heterocycles. The standard InChI is InChI=1S/C27H21BrN2O4/c1-16-24-22(29-30-26(31)18-9-12-20(28)13-10-18)7-4-8-23(24)34-25(16)27(32)33-21-14-11-17-5-2-3-6-19(17)15-21/h2-3,5-6,9-15H,4,7-8H2,1H3,(H,30,31)/b29-22+. The van der Waals surface area contributed by atoms with E-state index in [4.69, 9.17) is 9.15 Å². The maximum Gasteiger partial charge on any atom is 0.379 e. The van der Waals surface area contributed by atoms with Gasteiger partial charge < -0.3 is 9.15 Å². The molecule has 3 aromatic carbocycles. The van der Waals surface area contributed by atoms with Crippen LogP contribution in [0.4, 0.5) is 0 Å². The molecule has 1 aliphatic rings. The molecule has 6 nitrogen and oxygen atoms in total. The van der Waals surface area contributed by atoms with Crippen LogP contribution in [0.15, 0.2) is 80.7 Å². The lowest BCUT2D eigenvalue weighted by Gasteiger charge is -2.13. The van der Waals surface area contributed by atoms with Crippen LogP contribution in [0.2, 0.25) is 0 Å². The normalized spacial score (nSPS) is 14.1. The van der Waals surface area contributed by atoms with Crippen LogP contribution in [0, 0.1) is 6.92 Å². The molecule has 0 fully saturated rings. The van der Waals surface area contributed by atoms with Gasteiger partial charge in [-0.2, -0.15) is 5.10 Å². The highest BCUT2D eigenvalue weighted by molar-refractivity contribution is 9.10. The Kier molecular flexibility index (Phi) is 6.02. The maximum absolute atomic E-state index is 12.9. The first-order valence-corrected chi connectivity index (χ1v) is 11.7. The zero-order chi connectivity index (χ0) is 23.7. The van der Waals surface area contributed by atoms with Crippen LogP contribution in [0.3, 0.4) is 0 Å². The van der Waals surface area contributed by atoms with Gasteiger partial charge >= 0.3 is 5.97 Å². The lowest BCUT2D eigenvalue weighted by molar-refractivity contribution is 0.0698. The third-order valence-electron chi connectivity index (χ3n) is 5.84. The number of esters is 1. The summed E-state index contributed by atoms with van der Waals surface area (Å²) in [6, 6.07) is 20.4. The maximum atomic E-state index is 12.9. The summed E-state index contributed by atoms with van der Waals surface area (Å²) in [6.45, 7) is 1.82. The van der Waals surface area contributed by atoms with Crippen LogP contribution in [-0.4, -0.2) is 17.6 Å². The number of carbonyl (C=O) groups excluding carboxylic acids is 2. The second kappa shape index (κ2) is 9.27. The van der Waals surface area contributed by atoms with E-state index in [9.17, 15) is 9.59 Å². The second-order valence-corrected chi connectivity index (χ2v) is 9.03. The number of hydrogen-bond donors (Lipinski definition) is 1. The Morgan fingerprint density at radius 1 is 1.00 bits per heavy atom. The van der Waals surface area contributed by atoms with Crippen molar-refractivity contribution in [3.63, 3.8) is 0 Å². The molecule has 5 rings (SSSR count). The van der Waals surface area contributed by atoms with Crippen molar-refractivity contribution in [1.82, 2.24) is 5.43 Å². The van der Waals surface area contributed by atoms with Gasteiger partial charge in [0.1, 0.15) is 11.5 Å². The molecule has 0 unspecified atom stereocenters. The summed E-state index contributed by atoms with van der Waals surface area (Å²) in [5.41, 5.74) is 5.26. The van der Waals surface area contributed by atoms with Crippen molar-refractivity contribution in [3.05, 3.63) is 99.4 Å². The van der Waals surface area contributed by atoms with E-state index in [0.29, 0.717) is 41.2 Å². The number of rotatable bonds is 4. The molecular weight excluding hydrogens is 496 g/mol. The molecule has 4 aromatic rings. The molecule has 7 heteroatoms. The van der Waals surface area contributed by atoms with Crippen LogP contribution >= 0.6 is 15.9 Å². The Morgan fingerprint density at radius 2 is 1.76 bits per heavy atom. The summed E-state index contributed by atoms with van der Waals surface area (Å²) >= 11 is 3.36. The van der Waals surface area contributed by atoms with E-state index in [-0.39, 0.29) is 11.7 Å². The van der Waals surface area contributed by atoms with Crippen LogP contribution in [0.25, 0.3) is 10.8 Å². The SMILES string of the molecule is Cc1c(C(=O)Oc2ccc3ccccc3c2)oc2c1/C(=N/NC(=O)c1ccc(Br)cc1)CCC2. The van der Waals surface area contributed by atoms with Gasteiger partial charge in [-0.05, 0) is 66.9 Å². The summed E-state index contributed by atoms with van der Waals surface area (Å²) in [6.07, 6.45) is 2.18. The first-order valence-electron chi connectivity index (χ1n) is 11.0. The lowest BCUT2D eigenvalue weighted by atomic mass is 9.93. The number of carbonyl (C=O) groups is 2. The van der Waals surface area contributed by atoms with Crippen molar-refractivity contribution in [1.29, 1.82) is 0 Å². The Morgan fingerprint density at radius 3 is 2.56 bits per heavy atom. The quantitative estimate of drug-likeness (QED) is 0.199. The van der Waals surface area contributed by atoms with Crippen molar-refractivity contribution >= 4 is 44.3 Å². The highest BCUT2D eigenvalue weighted by atomic mass is 79.9. The third kappa shape index (κ3) is 4.39. The molecular formula is C27H21BrN2O4. The molecule has 0 bridgehead atoms. The number of nitrogens with zero attached hydrogens (tertiary/aromatic N) is 1. The van der Waals surface area contributed by atoms with Crippen LogP contribution in [-0.2, 0) is 6.42 Å². The number of benzene rings is 3. The number of ether oxygens (including phenoxy) is 1. The van der Waals surface area contributed by atoms with Gasteiger partial charge in [0.15, 0.2) is 0 Å². The molecule has 1 heterocycles. The second-order valence-electron chi connectivity index (χ2n) is 8.11. The van der Waals surface area contributed by atoms with Crippen molar-refractivity contribution < 1.29 is 18.7 Å². The molecule has 1 aliphatic carbocycles. The molecule has 0 spiro atoms. The third-order valence-corrected chi connectivity index (χ3v) is 6.37. The summed E-state index contributed by atoms with van der Waals surface area (Å²) < 4.78 is 12.4. The topological polar surface area (TPSA) is 80.9 Å². The molecule has 0 atom stereocenters. The average molecular weight is 517 g/mol. The van der Waals surface area contributed by atoms with E-state index >= 15 is 0 Å². The van der Waals surface area contributed by atoms with E-state index in [2.05, 4.69) is 26.5 Å². The fourth-order valence-electron chi connectivity index (χ4n) is 4.14.